The van der Waals surface area contributed by atoms with Gasteiger partial charge in [0, 0.05) is 6.07 Å². The largest absolute Gasteiger partial charge is 0.422 e. The molecular formula is C13H9N3O3. The number of nitrogens with zero attached hydrogens (tertiary/aromatic N) is 3. The van der Waals surface area contributed by atoms with Gasteiger partial charge < -0.3 is 9.15 Å². The fraction of sp³-hybridized carbons (Fsp3) is 0. The third-order valence-electron chi connectivity index (χ3n) is 2.40. The van der Waals surface area contributed by atoms with Gasteiger partial charge in [-0.3, -0.25) is 4.79 Å². The Morgan fingerprint density at radius 3 is 2.74 bits per heavy atom. The molecule has 6 heteroatoms. The monoisotopic (exact) mass is 255 g/mol. The summed E-state index contributed by atoms with van der Waals surface area (Å²) in [6, 6.07) is 12.7. The average molecular weight is 255 g/mol. The van der Waals surface area contributed by atoms with Gasteiger partial charge in [-0.15, -0.1) is 5.10 Å². The van der Waals surface area contributed by atoms with Crippen LogP contribution < -0.4 is 4.74 Å². The van der Waals surface area contributed by atoms with Crippen LogP contribution in [-0.2, 0) is 0 Å². The molecule has 19 heavy (non-hydrogen) atoms. The molecule has 0 amide bonds. The number of hydrogen-bond acceptors (Lipinski definition) is 5. The van der Waals surface area contributed by atoms with Crippen molar-refractivity contribution in [2.24, 2.45) is 0 Å². The number of ether oxygens (including phenoxy) is 1. The second kappa shape index (κ2) is 4.77. The van der Waals surface area contributed by atoms with E-state index in [4.69, 9.17) is 9.15 Å². The first-order valence-corrected chi connectivity index (χ1v) is 5.55. The van der Waals surface area contributed by atoms with E-state index in [2.05, 4.69) is 10.1 Å². The second-order valence-corrected chi connectivity index (χ2v) is 3.68. The molecule has 0 aliphatic heterocycles. The Kier molecular flexibility index (Phi) is 2.82. The molecule has 2 aromatic heterocycles. The lowest BCUT2D eigenvalue weighted by atomic mass is 10.3. The van der Waals surface area contributed by atoms with Gasteiger partial charge in [0.15, 0.2) is 12.0 Å². The van der Waals surface area contributed by atoms with Crippen molar-refractivity contribution < 1.29 is 13.9 Å². The summed E-state index contributed by atoms with van der Waals surface area (Å²) in [5.74, 6) is 0.366. The van der Waals surface area contributed by atoms with Crippen molar-refractivity contribution in [1.82, 2.24) is 14.8 Å². The summed E-state index contributed by atoms with van der Waals surface area (Å²) in [5.41, 5.74) is 0.873. The number of furan rings is 1. The zero-order valence-electron chi connectivity index (χ0n) is 9.76. The number of rotatable bonds is 4. The lowest BCUT2D eigenvalue weighted by molar-refractivity contribution is 0.109. The van der Waals surface area contributed by atoms with E-state index >= 15 is 0 Å². The topological polar surface area (TPSA) is 70.2 Å². The van der Waals surface area contributed by atoms with Gasteiger partial charge in [-0.05, 0) is 18.2 Å². The smallest absolute Gasteiger partial charge is 0.343 e. The summed E-state index contributed by atoms with van der Waals surface area (Å²) in [6.07, 6.45) is 2.14. The molecule has 3 aromatic rings. The van der Waals surface area contributed by atoms with E-state index in [0.29, 0.717) is 6.29 Å². The fourth-order valence-corrected chi connectivity index (χ4v) is 1.54. The predicted octanol–water partition coefficient (Wildman–Crippen LogP) is 2.47. The van der Waals surface area contributed by atoms with Gasteiger partial charge in [0.25, 0.3) is 5.95 Å². The van der Waals surface area contributed by atoms with Gasteiger partial charge in [-0.1, -0.05) is 18.2 Å². The minimum Gasteiger partial charge on any atom is -0.422 e. The van der Waals surface area contributed by atoms with E-state index in [1.807, 2.05) is 30.3 Å². The highest BCUT2D eigenvalue weighted by Gasteiger charge is 2.08. The Hall–Kier alpha value is -2.89. The Balaban J connectivity index is 1.80. The summed E-state index contributed by atoms with van der Waals surface area (Å²) in [5, 5.41) is 4.15. The zero-order chi connectivity index (χ0) is 13.1. The molecule has 0 radical (unpaired) electrons. The molecule has 0 N–H and O–H groups in total. The van der Waals surface area contributed by atoms with E-state index in [0.717, 1.165) is 5.69 Å². The average Bonchev–Trinajstić information content (AvgIpc) is 3.09. The molecule has 0 fully saturated rings. The number of aromatic nitrogens is 3. The molecule has 2 heterocycles. The maximum atomic E-state index is 10.5. The van der Waals surface area contributed by atoms with Gasteiger partial charge in [-0.25, -0.2) is 4.68 Å². The van der Waals surface area contributed by atoms with Crippen molar-refractivity contribution >= 4 is 6.29 Å². The summed E-state index contributed by atoms with van der Waals surface area (Å²) in [4.78, 5) is 14.5. The molecule has 0 aliphatic carbocycles. The van der Waals surface area contributed by atoms with Crippen LogP contribution in [0.1, 0.15) is 10.6 Å². The highest BCUT2D eigenvalue weighted by molar-refractivity contribution is 5.70. The quantitative estimate of drug-likeness (QED) is 0.670. The van der Waals surface area contributed by atoms with E-state index in [-0.39, 0.29) is 17.7 Å². The van der Waals surface area contributed by atoms with Crippen LogP contribution >= 0.6 is 0 Å². The van der Waals surface area contributed by atoms with Crippen LogP contribution in [0.3, 0.4) is 0 Å². The highest BCUT2D eigenvalue weighted by Crippen LogP contribution is 2.20. The lowest BCUT2D eigenvalue weighted by Gasteiger charge is -1.98. The fourth-order valence-electron chi connectivity index (χ4n) is 1.54. The van der Waals surface area contributed by atoms with Gasteiger partial charge in [0.05, 0.1) is 5.69 Å². The molecule has 0 saturated carbocycles. The first-order valence-electron chi connectivity index (χ1n) is 5.55. The third kappa shape index (κ3) is 2.37. The van der Waals surface area contributed by atoms with Crippen LogP contribution in [0, 0.1) is 0 Å². The van der Waals surface area contributed by atoms with Crippen molar-refractivity contribution in [2.45, 2.75) is 0 Å². The summed E-state index contributed by atoms with van der Waals surface area (Å²) < 4.78 is 11.9. The van der Waals surface area contributed by atoms with Crippen molar-refractivity contribution in [1.29, 1.82) is 0 Å². The van der Waals surface area contributed by atoms with Gasteiger partial charge in [0.2, 0.25) is 0 Å². The Morgan fingerprint density at radius 2 is 2.00 bits per heavy atom. The maximum absolute atomic E-state index is 10.5. The standard InChI is InChI=1S/C13H9N3O3/c17-8-11-6-7-12(18-11)19-13-14-9-16(15-13)10-4-2-1-3-5-10/h1-9H. The molecule has 0 saturated heterocycles. The van der Waals surface area contributed by atoms with Crippen LogP contribution in [0.2, 0.25) is 0 Å². The van der Waals surface area contributed by atoms with Crippen LogP contribution in [-0.4, -0.2) is 21.1 Å². The van der Waals surface area contributed by atoms with Gasteiger partial charge in [0.1, 0.15) is 6.33 Å². The number of aldehydes is 1. The number of hydrogen-bond donors (Lipinski definition) is 0. The first kappa shape index (κ1) is 11.2. The number of para-hydroxylation sites is 1. The van der Waals surface area contributed by atoms with Gasteiger partial charge in [-0.2, -0.15) is 4.98 Å². The Morgan fingerprint density at radius 1 is 1.16 bits per heavy atom. The number of carbonyl (C=O) groups is 1. The van der Waals surface area contributed by atoms with Crippen molar-refractivity contribution in [3.8, 4) is 17.6 Å². The van der Waals surface area contributed by atoms with E-state index < -0.39 is 0 Å². The molecule has 0 atom stereocenters. The first-order chi connectivity index (χ1) is 9.35. The minimum atomic E-state index is 0.149. The molecule has 94 valence electrons. The maximum Gasteiger partial charge on any atom is 0.343 e. The molecule has 0 spiro atoms. The number of benzene rings is 1. The molecule has 1 aromatic carbocycles. The molecule has 0 unspecified atom stereocenters. The minimum absolute atomic E-state index is 0.149. The predicted molar refractivity (Wildman–Crippen MR) is 65.5 cm³/mol. The van der Waals surface area contributed by atoms with E-state index in [9.17, 15) is 4.79 Å². The van der Waals surface area contributed by atoms with Crippen LogP contribution in [0.5, 0.6) is 12.0 Å². The van der Waals surface area contributed by atoms with Crippen molar-refractivity contribution in [3.63, 3.8) is 0 Å². The van der Waals surface area contributed by atoms with Crippen LogP contribution in [0.25, 0.3) is 5.69 Å². The van der Waals surface area contributed by atoms with E-state index in [1.165, 1.54) is 18.5 Å². The van der Waals surface area contributed by atoms with Crippen molar-refractivity contribution in [2.75, 3.05) is 0 Å². The summed E-state index contributed by atoms with van der Waals surface area (Å²) in [7, 11) is 0. The lowest BCUT2D eigenvalue weighted by Crippen LogP contribution is -1.94. The SMILES string of the molecule is O=Cc1ccc(Oc2ncn(-c3ccccc3)n2)o1. The molecule has 6 nitrogen and oxygen atoms in total. The van der Waals surface area contributed by atoms with Crippen LogP contribution in [0.15, 0.2) is 53.2 Å². The van der Waals surface area contributed by atoms with Gasteiger partial charge >= 0.3 is 6.01 Å². The summed E-state index contributed by atoms with van der Waals surface area (Å²) in [6.45, 7) is 0. The molecule has 0 bridgehead atoms. The Bertz CT molecular complexity index is 688. The molecule has 0 aliphatic rings. The second-order valence-electron chi connectivity index (χ2n) is 3.68. The van der Waals surface area contributed by atoms with Crippen molar-refractivity contribution in [3.05, 3.63) is 54.6 Å². The normalized spacial score (nSPS) is 10.3. The Labute approximate surface area is 108 Å². The molecule has 3 rings (SSSR count). The van der Waals surface area contributed by atoms with E-state index in [1.54, 1.807) is 4.68 Å². The highest BCUT2D eigenvalue weighted by atomic mass is 16.6. The van der Waals surface area contributed by atoms with Crippen LogP contribution in [0.4, 0.5) is 0 Å². The zero-order valence-corrected chi connectivity index (χ0v) is 9.76. The summed E-state index contributed by atoms with van der Waals surface area (Å²) >= 11 is 0. The number of carbonyl (C=O) groups excluding carboxylic acids is 1. The molecular weight excluding hydrogens is 246 g/mol. The third-order valence-corrected chi connectivity index (χ3v) is 2.40.